The molecule has 1 N–H and O–H groups in total. The molecule has 3 aliphatic heterocycles. The number of nitrogens with zero attached hydrogens (tertiary/aromatic N) is 3. The maximum absolute atomic E-state index is 13.9. The number of rotatable bonds is 11. The van der Waals surface area contributed by atoms with Crippen molar-refractivity contribution in [3.05, 3.63) is 77.6 Å². The van der Waals surface area contributed by atoms with Crippen LogP contribution in [0.3, 0.4) is 0 Å². The molecule has 0 aliphatic carbocycles. The predicted molar refractivity (Wildman–Crippen MR) is 157 cm³/mol. The third-order valence-electron chi connectivity index (χ3n) is 8.69. The zero-order valence-electron chi connectivity index (χ0n) is 23.9. The topological polar surface area (TPSA) is 101 Å². The van der Waals surface area contributed by atoms with E-state index >= 15 is 0 Å². The predicted octanol–water partition coefficient (Wildman–Crippen LogP) is 4.68. The molecule has 1 saturated heterocycles. The van der Waals surface area contributed by atoms with Gasteiger partial charge in [0.05, 0.1) is 31.0 Å². The van der Waals surface area contributed by atoms with Crippen LogP contribution in [-0.2, 0) is 22.4 Å². The summed E-state index contributed by atoms with van der Waals surface area (Å²) in [5.74, 6) is 0.486. The lowest BCUT2D eigenvalue weighted by molar-refractivity contribution is -0.143. The molecule has 0 spiro atoms. The number of aromatic nitrogens is 1. The van der Waals surface area contributed by atoms with Crippen molar-refractivity contribution < 1.29 is 28.9 Å². The van der Waals surface area contributed by atoms with Gasteiger partial charge in [-0.1, -0.05) is 37.6 Å². The van der Waals surface area contributed by atoms with Gasteiger partial charge in [0.15, 0.2) is 11.5 Å². The Bertz CT molecular complexity index is 1430. The Morgan fingerprint density at radius 1 is 1.10 bits per heavy atom. The van der Waals surface area contributed by atoms with Crippen LogP contribution in [0.2, 0.25) is 0 Å². The van der Waals surface area contributed by atoms with Crippen molar-refractivity contribution in [1.29, 1.82) is 0 Å². The molecule has 3 aliphatic rings. The third-order valence-corrected chi connectivity index (χ3v) is 8.69. The number of aliphatic carboxylic acids is 1. The number of carboxylic acid groups (broad SMARTS) is 1. The number of fused-ring (bicyclic) bond motifs is 2. The first-order valence-corrected chi connectivity index (χ1v) is 14.8. The molecule has 1 aromatic heterocycles. The molecule has 4 heterocycles. The number of benzene rings is 2. The largest absolute Gasteiger partial charge is 0.493 e. The third kappa shape index (κ3) is 5.66. The van der Waals surface area contributed by atoms with Crippen molar-refractivity contribution in [1.82, 2.24) is 9.88 Å². The number of pyridine rings is 1. The number of amides is 1. The molecule has 9 nitrogen and oxygen atoms in total. The van der Waals surface area contributed by atoms with Crippen molar-refractivity contribution in [2.45, 2.75) is 51.0 Å². The average molecular weight is 572 g/mol. The lowest BCUT2D eigenvalue weighted by atomic mass is 9.83. The van der Waals surface area contributed by atoms with Gasteiger partial charge >= 0.3 is 5.97 Å². The second-order valence-corrected chi connectivity index (χ2v) is 11.2. The summed E-state index contributed by atoms with van der Waals surface area (Å²) in [7, 11) is 0. The Kier molecular flexibility index (Phi) is 8.28. The summed E-state index contributed by atoms with van der Waals surface area (Å²) in [6, 6.07) is 15.2. The van der Waals surface area contributed by atoms with Gasteiger partial charge in [-0.15, -0.1) is 0 Å². The number of ether oxygens (including phenoxy) is 3. The van der Waals surface area contributed by atoms with E-state index in [1.54, 1.807) is 17.3 Å². The Morgan fingerprint density at radius 2 is 2.00 bits per heavy atom. The highest BCUT2D eigenvalue weighted by molar-refractivity contribution is 5.94. The molecule has 0 bridgehead atoms. The fraction of sp³-hybridized carbons (Fsp3) is 0.424. The molecule has 0 unspecified atom stereocenters. The van der Waals surface area contributed by atoms with E-state index in [9.17, 15) is 14.7 Å². The monoisotopic (exact) mass is 571 g/mol. The maximum atomic E-state index is 13.9. The van der Waals surface area contributed by atoms with Crippen molar-refractivity contribution in [2.24, 2.45) is 5.92 Å². The van der Waals surface area contributed by atoms with Crippen LogP contribution in [0, 0.1) is 5.92 Å². The maximum Gasteiger partial charge on any atom is 0.308 e. The number of carbonyl (C=O) groups is 2. The molecule has 220 valence electrons. The highest BCUT2D eigenvalue weighted by atomic mass is 16.7. The zero-order chi connectivity index (χ0) is 29.1. The summed E-state index contributed by atoms with van der Waals surface area (Å²) in [4.78, 5) is 35.0. The van der Waals surface area contributed by atoms with Gasteiger partial charge in [0, 0.05) is 37.7 Å². The van der Waals surface area contributed by atoms with Crippen molar-refractivity contribution in [2.75, 3.05) is 37.9 Å². The van der Waals surface area contributed by atoms with E-state index in [1.807, 2.05) is 42.5 Å². The Labute approximate surface area is 246 Å². The number of aryl methyl sites for hydroxylation is 1. The number of unbranched alkanes of at least 4 members (excludes halogenated alkanes) is 1. The summed E-state index contributed by atoms with van der Waals surface area (Å²) in [6.45, 7) is 4.12. The van der Waals surface area contributed by atoms with E-state index < -0.39 is 11.9 Å². The minimum atomic E-state index is -0.843. The van der Waals surface area contributed by atoms with Crippen molar-refractivity contribution in [3.63, 3.8) is 0 Å². The van der Waals surface area contributed by atoms with Crippen LogP contribution >= 0.6 is 0 Å². The molecule has 3 atom stereocenters. The number of hydrogen-bond donors (Lipinski definition) is 1. The summed E-state index contributed by atoms with van der Waals surface area (Å²) >= 11 is 0. The van der Waals surface area contributed by atoms with Gasteiger partial charge < -0.3 is 24.2 Å². The number of carboxylic acids is 1. The van der Waals surface area contributed by atoms with Crippen molar-refractivity contribution in [3.8, 4) is 17.2 Å². The quantitative estimate of drug-likeness (QED) is 0.354. The molecule has 3 aromatic rings. The Morgan fingerprint density at radius 3 is 2.81 bits per heavy atom. The van der Waals surface area contributed by atoms with Crippen LogP contribution in [0.4, 0.5) is 5.69 Å². The first-order chi connectivity index (χ1) is 20.5. The van der Waals surface area contributed by atoms with Gasteiger partial charge in [0.25, 0.3) is 0 Å². The smallest absolute Gasteiger partial charge is 0.308 e. The SMILES string of the molecule is CCCCN(C(=O)CN1C[C@H](c2ccc3c(c2)CCO3)[C@@H](C(=O)O)[C@@H]1CCc1cccc2c1OCO2)c1cccnc1. The van der Waals surface area contributed by atoms with E-state index in [4.69, 9.17) is 14.2 Å². The van der Waals surface area contributed by atoms with Gasteiger partial charge in [-0.05, 0) is 60.2 Å². The van der Waals surface area contributed by atoms with Crippen LogP contribution in [0.1, 0.15) is 48.8 Å². The van der Waals surface area contributed by atoms with Gasteiger partial charge in [0.1, 0.15) is 5.75 Å². The molecule has 0 saturated carbocycles. The highest BCUT2D eigenvalue weighted by Crippen LogP contribution is 2.43. The van der Waals surface area contributed by atoms with E-state index in [0.717, 1.165) is 53.1 Å². The molecule has 1 fully saturated rings. The van der Waals surface area contributed by atoms with Crippen molar-refractivity contribution >= 4 is 17.6 Å². The summed E-state index contributed by atoms with van der Waals surface area (Å²) in [6.07, 6.45) is 7.22. The second-order valence-electron chi connectivity index (χ2n) is 11.2. The molecule has 2 aromatic carbocycles. The fourth-order valence-electron chi connectivity index (χ4n) is 6.60. The van der Waals surface area contributed by atoms with E-state index in [0.29, 0.717) is 38.3 Å². The minimum Gasteiger partial charge on any atom is -0.493 e. The van der Waals surface area contributed by atoms with Crippen LogP contribution in [0.15, 0.2) is 60.9 Å². The molecule has 0 radical (unpaired) electrons. The first-order valence-electron chi connectivity index (χ1n) is 14.8. The van der Waals surface area contributed by atoms with Gasteiger partial charge in [-0.25, -0.2) is 0 Å². The molecular weight excluding hydrogens is 534 g/mol. The lowest BCUT2D eigenvalue weighted by Gasteiger charge is -2.29. The zero-order valence-corrected chi connectivity index (χ0v) is 23.9. The molecule has 1 amide bonds. The number of para-hydroxylation sites is 1. The summed E-state index contributed by atoms with van der Waals surface area (Å²) < 4.78 is 17.0. The van der Waals surface area contributed by atoms with Crippen LogP contribution in [-0.4, -0.2) is 65.9 Å². The van der Waals surface area contributed by atoms with E-state index in [1.165, 1.54) is 0 Å². The summed E-state index contributed by atoms with van der Waals surface area (Å²) in [5.41, 5.74) is 3.84. The second kappa shape index (κ2) is 12.4. The molecular formula is C33H37N3O6. The van der Waals surface area contributed by atoms with E-state index in [2.05, 4.69) is 22.9 Å². The fourth-order valence-corrected chi connectivity index (χ4v) is 6.60. The van der Waals surface area contributed by atoms with Gasteiger partial charge in [0.2, 0.25) is 12.7 Å². The van der Waals surface area contributed by atoms with Crippen LogP contribution in [0.25, 0.3) is 0 Å². The first kappa shape index (κ1) is 28.0. The van der Waals surface area contributed by atoms with E-state index in [-0.39, 0.29) is 31.2 Å². The number of hydrogen-bond acceptors (Lipinski definition) is 7. The molecule has 6 rings (SSSR count). The Balaban J connectivity index is 1.30. The van der Waals surface area contributed by atoms with Gasteiger partial charge in [-0.3, -0.25) is 19.5 Å². The van der Waals surface area contributed by atoms with Gasteiger partial charge in [-0.2, -0.15) is 0 Å². The van der Waals surface area contributed by atoms with Crippen LogP contribution < -0.4 is 19.1 Å². The minimum absolute atomic E-state index is 0.0501. The standard InChI is InChI=1S/C33H37N3O6/c1-2-3-15-36(25-7-5-14-34-18-25)30(37)20-35-19-26(23-10-12-28-24(17-23)13-16-40-28)31(33(38)39)27(35)11-9-22-6-4-8-29-32(22)42-21-41-29/h4-8,10,12,14,17-18,26-27,31H,2-3,9,11,13,15-16,19-21H2,1H3,(H,38,39)/t26-,27+,31-/m1/s1. The number of carbonyl (C=O) groups excluding carboxylic acids is 1. The lowest BCUT2D eigenvalue weighted by Crippen LogP contribution is -2.44. The number of likely N-dealkylation sites (tertiary alicyclic amines) is 1. The summed E-state index contributed by atoms with van der Waals surface area (Å²) in [5, 5.41) is 10.6. The normalized spacial score (nSPS) is 20.7. The Hall–Kier alpha value is -4.11. The number of anilines is 1. The van der Waals surface area contributed by atoms with Crippen LogP contribution in [0.5, 0.6) is 17.2 Å². The highest BCUT2D eigenvalue weighted by Gasteiger charge is 2.47. The molecule has 42 heavy (non-hydrogen) atoms. The average Bonchev–Trinajstić information content (AvgIpc) is 3.75. The molecule has 9 heteroatoms.